The Morgan fingerprint density at radius 1 is 0.558 bits per heavy atom. The lowest BCUT2D eigenvalue weighted by molar-refractivity contribution is -0.385. The minimum absolute atomic E-state index is 0.0292. The number of amides is 2. The van der Waals surface area contributed by atoms with Crippen LogP contribution in [0.3, 0.4) is 0 Å². The second-order valence-electron chi connectivity index (χ2n) is 11.2. The number of ether oxygens (including phenoxy) is 4. The number of carbonyl (C=O) groups excluding carboxylic acids is 4. The topological polar surface area (TPSA) is 195 Å². The molecule has 6 rings (SSSR count). The van der Waals surface area contributed by atoms with E-state index in [0.717, 1.165) is 4.90 Å². The highest BCUT2D eigenvalue weighted by Crippen LogP contribution is 2.27. The van der Waals surface area contributed by atoms with Gasteiger partial charge in [0.2, 0.25) is 0 Å². The first-order chi connectivity index (χ1) is 25.0. The van der Waals surface area contributed by atoms with E-state index >= 15 is 0 Å². The van der Waals surface area contributed by atoms with E-state index in [1.165, 1.54) is 66.7 Å². The molecule has 0 fully saturated rings. The highest BCUT2D eigenvalue weighted by molar-refractivity contribution is 6.22. The third-order valence-corrected chi connectivity index (χ3v) is 7.68. The summed E-state index contributed by atoms with van der Waals surface area (Å²) in [6, 6.07) is 28.2. The average Bonchev–Trinajstić information content (AvgIpc) is 3.38. The lowest BCUT2D eigenvalue weighted by Crippen LogP contribution is -2.35. The summed E-state index contributed by atoms with van der Waals surface area (Å²) < 4.78 is 22.0. The number of benzene rings is 5. The van der Waals surface area contributed by atoms with E-state index in [4.69, 9.17) is 18.9 Å². The largest absolute Gasteiger partial charge is 0.459 e. The summed E-state index contributed by atoms with van der Waals surface area (Å²) in [6.07, 6.45) is 0. The Kier molecular flexibility index (Phi) is 9.93. The van der Waals surface area contributed by atoms with Gasteiger partial charge in [0.25, 0.3) is 23.2 Å². The molecule has 0 saturated heterocycles. The predicted octanol–water partition coefficient (Wildman–Crippen LogP) is 6.78. The van der Waals surface area contributed by atoms with Crippen molar-refractivity contribution in [1.29, 1.82) is 0 Å². The zero-order valence-corrected chi connectivity index (χ0v) is 26.8. The van der Waals surface area contributed by atoms with Crippen LogP contribution >= 0.6 is 0 Å². The number of non-ortho nitro benzene ring substituents is 2. The van der Waals surface area contributed by atoms with Gasteiger partial charge in [0, 0.05) is 24.3 Å². The molecular formula is C37H25N3O12. The van der Waals surface area contributed by atoms with Gasteiger partial charge in [-0.3, -0.25) is 39.5 Å². The normalized spacial score (nSPS) is 11.8. The first-order valence-electron chi connectivity index (χ1n) is 15.4. The number of fused-ring (bicyclic) bond motifs is 1. The Labute approximate surface area is 293 Å². The SMILES string of the molecule is O=C(CN1C(=O)c2ccc(C(=O)OCc3ccc(Oc4ccc([N+](=O)[O-])cc4)cc3)cc2C1=O)OCc1ccc(Oc2ccc([N+](=O)[O-])cc2)cc1. The van der Waals surface area contributed by atoms with Crippen molar-refractivity contribution < 1.29 is 48.0 Å². The van der Waals surface area contributed by atoms with Gasteiger partial charge in [0.05, 0.1) is 26.5 Å². The summed E-state index contributed by atoms with van der Waals surface area (Å²) in [5, 5.41) is 21.6. The molecule has 260 valence electrons. The summed E-state index contributed by atoms with van der Waals surface area (Å²) in [5.74, 6) is -1.33. The summed E-state index contributed by atoms with van der Waals surface area (Å²) in [6.45, 7) is -0.892. The second-order valence-corrected chi connectivity index (χ2v) is 11.2. The smallest absolute Gasteiger partial charge is 0.338 e. The van der Waals surface area contributed by atoms with Crippen LogP contribution in [0.25, 0.3) is 0 Å². The molecule has 0 bridgehead atoms. The molecule has 2 amide bonds. The Bertz CT molecular complexity index is 2180. The first-order valence-corrected chi connectivity index (χ1v) is 15.4. The molecule has 0 unspecified atom stereocenters. The van der Waals surface area contributed by atoms with Crippen molar-refractivity contribution in [1.82, 2.24) is 4.90 Å². The van der Waals surface area contributed by atoms with Crippen LogP contribution in [0.15, 0.2) is 115 Å². The predicted molar refractivity (Wildman–Crippen MR) is 180 cm³/mol. The summed E-state index contributed by atoms with van der Waals surface area (Å²) in [5.41, 5.74) is 1.11. The van der Waals surface area contributed by atoms with Crippen LogP contribution in [0.1, 0.15) is 42.2 Å². The van der Waals surface area contributed by atoms with Crippen LogP contribution in [0.5, 0.6) is 23.0 Å². The van der Waals surface area contributed by atoms with Crippen LogP contribution in [0.4, 0.5) is 11.4 Å². The van der Waals surface area contributed by atoms with Gasteiger partial charge in [-0.2, -0.15) is 0 Å². The third-order valence-electron chi connectivity index (χ3n) is 7.68. The molecule has 1 heterocycles. The van der Waals surface area contributed by atoms with Crippen LogP contribution in [0.2, 0.25) is 0 Å². The molecule has 0 aromatic heterocycles. The fourth-order valence-corrected chi connectivity index (χ4v) is 4.98. The molecule has 5 aromatic carbocycles. The summed E-state index contributed by atoms with van der Waals surface area (Å²) in [7, 11) is 0. The van der Waals surface area contributed by atoms with Gasteiger partial charge in [-0.1, -0.05) is 24.3 Å². The van der Waals surface area contributed by atoms with Crippen LogP contribution < -0.4 is 9.47 Å². The van der Waals surface area contributed by atoms with Crippen molar-refractivity contribution in [3.63, 3.8) is 0 Å². The second kappa shape index (κ2) is 15.0. The van der Waals surface area contributed by atoms with Crippen molar-refractivity contribution in [2.45, 2.75) is 13.2 Å². The third kappa shape index (κ3) is 8.06. The molecule has 0 radical (unpaired) electrons. The summed E-state index contributed by atoms with van der Waals surface area (Å²) >= 11 is 0. The highest BCUT2D eigenvalue weighted by Gasteiger charge is 2.37. The number of imide groups is 1. The lowest BCUT2D eigenvalue weighted by Gasteiger charge is -2.13. The highest BCUT2D eigenvalue weighted by atomic mass is 16.6. The van der Waals surface area contributed by atoms with Gasteiger partial charge in [0.15, 0.2) is 0 Å². The molecule has 0 aliphatic carbocycles. The minimum atomic E-state index is -0.829. The molecular weight excluding hydrogens is 678 g/mol. The molecule has 1 aliphatic rings. The van der Waals surface area contributed by atoms with E-state index in [9.17, 15) is 39.4 Å². The maximum atomic E-state index is 13.1. The van der Waals surface area contributed by atoms with Crippen molar-refractivity contribution >= 4 is 35.1 Å². The van der Waals surface area contributed by atoms with Crippen LogP contribution in [-0.4, -0.2) is 45.0 Å². The zero-order valence-electron chi connectivity index (χ0n) is 26.8. The lowest BCUT2D eigenvalue weighted by atomic mass is 10.1. The number of carbonyl (C=O) groups is 4. The Balaban J connectivity index is 0.977. The number of nitro benzene ring substituents is 2. The summed E-state index contributed by atoms with van der Waals surface area (Å²) in [4.78, 5) is 72.8. The molecule has 15 heteroatoms. The van der Waals surface area contributed by atoms with E-state index in [2.05, 4.69) is 0 Å². The fraction of sp³-hybridized carbons (Fsp3) is 0.0811. The number of hydrogen-bond acceptors (Lipinski definition) is 12. The zero-order chi connectivity index (χ0) is 36.8. The Hall–Kier alpha value is -7.42. The number of rotatable bonds is 13. The van der Waals surface area contributed by atoms with Gasteiger partial charge in [-0.25, -0.2) is 4.79 Å². The molecule has 0 atom stereocenters. The molecule has 15 nitrogen and oxygen atoms in total. The Morgan fingerprint density at radius 3 is 1.44 bits per heavy atom. The average molecular weight is 704 g/mol. The van der Waals surface area contributed by atoms with E-state index in [0.29, 0.717) is 34.1 Å². The first kappa shape index (κ1) is 34.4. The van der Waals surface area contributed by atoms with Crippen molar-refractivity contribution in [3.8, 4) is 23.0 Å². The van der Waals surface area contributed by atoms with E-state index < -0.39 is 40.1 Å². The molecule has 52 heavy (non-hydrogen) atoms. The molecule has 0 N–H and O–H groups in total. The van der Waals surface area contributed by atoms with Gasteiger partial charge in [0.1, 0.15) is 42.8 Å². The van der Waals surface area contributed by atoms with Crippen molar-refractivity contribution in [3.05, 3.63) is 163 Å². The van der Waals surface area contributed by atoms with Crippen LogP contribution in [0, 0.1) is 20.2 Å². The van der Waals surface area contributed by atoms with Gasteiger partial charge < -0.3 is 18.9 Å². The maximum absolute atomic E-state index is 13.1. The van der Waals surface area contributed by atoms with Gasteiger partial charge in [-0.15, -0.1) is 0 Å². The maximum Gasteiger partial charge on any atom is 0.338 e. The monoisotopic (exact) mass is 703 g/mol. The van der Waals surface area contributed by atoms with Crippen molar-refractivity contribution in [2.24, 2.45) is 0 Å². The quantitative estimate of drug-likeness (QED) is 0.0540. The van der Waals surface area contributed by atoms with E-state index in [1.807, 2.05) is 0 Å². The molecule has 0 saturated carbocycles. The number of hydrogen-bond donors (Lipinski definition) is 0. The van der Waals surface area contributed by atoms with Crippen molar-refractivity contribution in [2.75, 3.05) is 6.54 Å². The van der Waals surface area contributed by atoms with E-state index in [1.54, 1.807) is 48.5 Å². The molecule has 5 aromatic rings. The Morgan fingerprint density at radius 2 is 0.981 bits per heavy atom. The number of esters is 2. The van der Waals surface area contributed by atoms with Crippen LogP contribution in [-0.2, 0) is 27.5 Å². The van der Waals surface area contributed by atoms with Gasteiger partial charge in [-0.05, 0) is 77.9 Å². The fourth-order valence-electron chi connectivity index (χ4n) is 4.98. The number of nitrogens with zero attached hydrogens (tertiary/aromatic N) is 3. The number of nitro groups is 2. The molecule has 1 aliphatic heterocycles. The standard InChI is InChI=1S/C37H25N3O12/c41-34(49-21-23-1-10-28(11-2-23)51-30-14-6-26(7-15-30)39(45)46)20-38-35(42)32-18-5-25(19-33(32)36(38)43)37(44)50-22-24-3-12-29(13-4-24)52-31-16-8-27(9-17-31)40(47)48/h1-19H,20-22H2. The van der Waals surface area contributed by atoms with E-state index in [-0.39, 0.29) is 41.3 Å². The van der Waals surface area contributed by atoms with Gasteiger partial charge >= 0.3 is 11.9 Å². The minimum Gasteiger partial charge on any atom is -0.459 e. The molecule has 0 spiro atoms.